The molecule has 1 amide bonds. The lowest BCUT2D eigenvalue weighted by Gasteiger charge is -2.09. The summed E-state index contributed by atoms with van der Waals surface area (Å²) in [5.41, 5.74) is 4.14. The van der Waals surface area contributed by atoms with Gasteiger partial charge in [-0.05, 0) is 39.8 Å². The molecule has 7 nitrogen and oxygen atoms in total. The average Bonchev–Trinajstić information content (AvgIpc) is 3.10. The van der Waals surface area contributed by atoms with Crippen molar-refractivity contribution in [3.05, 3.63) is 47.2 Å². The first kappa shape index (κ1) is 15.2. The fraction of sp³-hybridized carbons (Fsp3) is 0.375. The van der Waals surface area contributed by atoms with Crippen LogP contribution < -0.4 is 5.32 Å². The number of nitrogens with one attached hydrogen (secondary N) is 1. The molecule has 0 radical (unpaired) electrons. The highest BCUT2D eigenvalue weighted by molar-refractivity contribution is 5.99. The van der Waals surface area contributed by atoms with E-state index in [1.807, 2.05) is 24.7 Å². The average molecular weight is 312 g/mol. The van der Waals surface area contributed by atoms with Crippen molar-refractivity contribution in [1.82, 2.24) is 29.7 Å². The Morgan fingerprint density at radius 1 is 1.35 bits per heavy atom. The van der Waals surface area contributed by atoms with Crippen LogP contribution in [0.15, 0.2) is 24.7 Å². The van der Waals surface area contributed by atoms with Gasteiger partial charge in [-0.2, -0.15) is 5.10 Å². The van der Waals surface area contributed by atoms with E-state index in [2.05, 4.69) is 34.5 Å². The van der Waals surface area contributed by atoms with E-state index in [0.717, 1.165) is 17.0 Å². The summed E-state index contributed by atoms with van der Waals surface area (Å²) in [5.74, 6) is -0.167. The first-order valence-electron chi connectivity index (χ1n) is 7.60. The van der Waals surface area contributed by atoms with Crippen LogP contribution in [0.2, 0.25) is 0 Å². The molecular formula is C16H20N6O. The summed E-state index contributed by atoms with van der Waals surface area (Å²) in [6.07, 6.45) is 3.39. The predicted octanol–water partition coefficient (Wildman–Crippen LogP) is 2.05. The number of aromatic nitrogens is 5. The molecule has 0 aliphatic heterocycles. The Morgan fingerprint density at radius 2 is 2.13 bits per heavy atom. The van der Waals surface area contributed by atoms with Crippen molar-refractivity contribution in [3.8, 4) is 0 Å². The van der Waals surface area contributed by atoms with Crippen LogP contribution in [0.1, 0.15) is 47.2 Å². The zero-order valence-corrected chi connectivity index (χ0v) is 13.7. The third-order valence-electron chi connectivity index (χ3n) is 3.96. The maximum Gasteiger partial charge on any atom is 0.255 e. The molecule has 120 valence electrons. The number of carbonyl (C=O) groups excluding carboxylic acids is 1. The van der Waals surface area contributed by atoms with Crippen molar-refractivity contribution >= 4 is 11.6 Å². The van der Waals surface area contributed by atoms with E-state index in [1.165, 1.54) is 0 Å². The monoisotopic (exact) mass is 312 g/mol. The molecule has 0 unspecified atom stereocenters. The Hall–Kier alpha value is -2.70. The molecule has 3 rings (SSSR count). The molecule has 0 aliphatic carbocycles. The second kappa shape index (κ2) is 5.83. The van der Waals surface area contributed by atoms with E-state index in [1.54, 1.807) is 22.9 Å². The third-order valence-corrected chi connectivity index (χ3v) is 3.96. The van der Waals surface area contributed by atoms with Gasteiger partial charge in [0.15, 0.2) is 5.65 Å². The Bertz CT molecular complexity index is 861. The molecule has 0 atom stereocenters. The van der Waals surface area contributed by atoms with Crippen LogP contribution in [-0.4, -0.2) is 30.3 Å². The highest BCUT2D eigenvalue weighted by Crippen LogP contribution is 2.17. The van der Waals surface area contributed by atoms with E-state index in [9.17, 15) is 4.79 Å². The van der Waals surface area contributed by atoms with Gasteiger partial charge in [0.2, 0.25) is 0 Å². The number of amides is 1. The first-order chi connectivity index (χ1) is 11.0. The molecule has 3 heterocycles. The SMILES string of the molecule is Cc1nn(C(C)C)c(C)c1CNC(=O)c1cccn2cnnc12. The quantitative estimate of drug-likeness (QED) is 0.800. The molecular weight excluding hydrogens is 292 g/mol. The minimum absolute atomic E-state index is 0.167. The molecule has 0 saturated carbocycles. The number of aryl methyl sites for hydroxylation is 1. The van der Waals surface area contributed by atoms with Gasteiger partial charge in [0.05, 0.1) is 11.3 Å². The van der Waals surface area contributed by atoms with Gasteiger partial charge < -0.3 is 5.32 Å². The number of hydrogen-bond acceptors (Lipinski definition) is 4. The summed E-state index contributed by atoms with van der Waals surface area (Å²) in [4.78, 5) is 12.5. The summed E-state index contributed by atoms with van der Waals surface area (Å²) in [7, 11) is 0. The minimum Gasteiger partial charge on any atom is -0.348 e. The van der Waals surface area contributed by atoms with Crippen molar-refractivity contribution < 1.29 is 4.79 Å². The Kier molecular flexibility index (Phi) is 3.85. The molecule has 0 saturated heterocycles. The molecule has 7 heteroatoms. The summed E-state index contributed by atoms with van der Waals surface area (Å²) in [5, 5.41) is 15.3. The normalized spacial score (nSPS) is 11.3. The van der Waals surface area contributed by atoms with Gasteiger partial charge in [0.1, 0.15) is 6.33 Å². The first-order valence-corrected chi connectivity index (χ1v) is 7.60. The molecule has 23 heavy (non-hydrogen) atoms. The van der Waals surface area contributed by atoms with Crippen molar-refractivity contribution in [2.24, 2.45) is 0 Å². The fourth-order valence-corrected chi connectivity index (χ4v) is 2.75. The van der Waals surface area contributed by atoms with Gasteiger partial charge >= 0.3 is 0 Å². The standard InChI is InChI=1S/C16H20N6O/c1-10(2)22-12(4)14(11(3)20-22)8-17-16(23)13-6-5-7-21-9-18-19-15(13)21/h5-7,9-10H,8H2,1-4H3,(H,17,23). The zero-order valence-electron chi connectivity index (χ0n) is 13.7. The van der Waals surface area contributed by atoms with Crippen LogP contribution in [0, 0.1) is 13.8 Å². The van der Waals surface area contributed by atoms with E-state index >= 15 is 0 Å². The van der Waals surface area contributed by atoms with Crippen LogP contribution in [0.3, 0.4) is 0 Å². The van der Waals surface area contributed by atoms with Crippen LogP contribution in [0.25, 0.3) is 5.65 Å². The molecule has 0 aliphatic rings. The highest BCUT2D eigenvalue weighted by atomic mass is 16.1. The number of rotatable bonds is 4. The van der Waals surface area contributed by atoms with E-state index < -0.39 is 0 Å². The van der Waals surface area contributed by atoms with E-state index in [-0.39, 0.29) is 5.91 Å². The zero-order chi connectivity index (χ0) is 16.6. The lowest BCUT2D eigenvalue weighted by Crippen LogP contribution is -2.24. The maximum atomic E-state index is 12.5. The molecule has 0 spiro atoms. The van der Waals surface area contributed by atoms with E-state index in [4.69, 9.17) is 0 Å². The topological polar surface area (TPSA) is 77.1 Å². The van der Waals surface area contributed by atoms with Gasteiger partial charge in [-0.15, -0.1) is 10.2 Å². The number of hydrogen-bond donors (Lipinski definition) is 1. The number of pyridine rings is 1. The largest absolute Gasteiger partial charge is 0.348 e. The highest BCUT2D eigenvalue weighted by Gasteiger charge is 2.16. The van der Waals surface area contributed by atoms with Crippen molar-refractivity contribution in [3.63, 3.8) is 0 Å². The van der Waals surface area contributed by atoms with Gasteiger partial charge in [-0.3, -0.25) is 13.9 Å². The Labute approximate surface area is 134 Å². The lowest BCUT2D eigenvalue weighted by molar-refractivity contribution is 0.0952. The lowest BCUT2D eigenvalue weighted by atomic mass is 10.2. The minimum atomic E-state index is -0.167. The molecule has 0 fully saturated rings. The predicted molar refractivity (Wildman–Crippen MR) is 86.2 cm³/mol. The van der Waals surface area contributed by atoms with Gasteiger partial charge in [0, 0.05) is 30.0 Å². The second-order valence-electron chi connectivity index (χ2n) is 5.85. The molecule has 3 aromatic rings. The Morgan fingerprint density at radius 3 is 2.83 bits per heavy atom. The van der Waals surface area contributed by atoms with Crippen molar-refractivity contribution in [2.45, 2.75) is 40.3 Å². The molecule has 0 aromatic carbocycles. The summed E-state index contributed by atoms with van der Waals surface area (Å²) in [6, 6.07) is 3.85. The second-order valence-corrected chi connectivity index (χ2v) is 5.85. The van der Waals surface area contributed by atoms with Gasteiger partial charge in [-0.25, -0.2) is 0 Å². The fourth-order valence-electron chi connectivity index (χ4n) is 2.75. The number of nitrogens with zero attached hydrogens (tertiary/aromatic N) is 5. The summed E-state index contributed by atoms with van der Waals surface area (Å²) in [6.45, 7) is 8.62. The van der Waals surface area contributed by atoms with Crippen molar-refractivity contribution in [2.75, 3.05) is 0 Å². The smallest absolute Gasteiger partial charge is 0.255 e. The Balaban J connectivity index is 1.81. The van der Waals surface area contributed by atoms with Gasteiger partial charge in [0.25, 0.3) is 5.91 Å². The molecule has 1 N–H and O–H groups in total. The summed E-state index contributed by atoms with van der Waals surface area (Å²) >= 11 is 0. The maximum absolute atomic E-state index is 12.5. The number of carbonyl (C=O) groups is 1. The number of fused-ring (bicyclic) bond motifs is 1. The van der Waals surface area contributed by atoms with E-state index in [0.29, 0.717) is 23.8 Å². The van der Waals surface area contributed by atoms with Crippen molar-refractivity contribution in [1.29, 1.82) is 0 Å². The van der Waals surface area contributed by atoms with Crippen LogP contribution in [0.4, 0.5) is 0 Å². The third kappa shape index (κ3) is 2.69. The molecule has 0 bridgehead atoms. The molecule has 3 aromatic heterocycles. The van der Waals surface area contributed by atoms with Crippen LogP contribution in [0.5, 0.6) is 0 Å². The van der Waals surface area contributed by atoms with Gasteiger partial charge in [-0.1, -0.05) is 0 Å². The summed E-state index contributed by atoms with van der Waals surface area (Å²) < 4.78 is 3.71. The van der Waals surface area contributed by atoms with Crippen LogP contribution >= 0.6 is 0 Å². The van der Waals surface area contributed by atoms with Crippen LogP contribution in [-0.2, 0) is 6.54 Å².